The lowest BCUT2D eigenvalue weighted by atomic mass is 10.2. The van der Waals surface area contributed by atoms with Crippen molar-refractivity contribution < 1.29 is 14.3 Å². The highest BCUT2D eigenvalue weighted by molar-refractivity contribution is 9.10. The summed E-state index contributed by atoms with van der Waals surface area (Å²) >= 11 is 3.28. The van der Waals surface area contributed by atoms with Gasteiger partial charge in [-0.25, -0.2) is 0 Å². The molecule has 0 aliphatic carbocycles. The minimum absolute atomic E-state index is 0.224. The van der Waals surface area contributed by atoms with Gasteiger partial charge >= 0.3 is 0 Å². The summed E-state index contributed by atoms with van der Waals surface area (Å²) in [7, 11) is 3.11. The largest absolute Gasteiger partial charge is 0.493 e. The van der Waals surface area contributed by atoms with E-state index < -0.39 is 0 Å². The van der Waals surface area contributed by atoms with Gasteiger partial charge in [-0.1, -0.05) is 0 Å². The molecule has 0 aliphatic rings. The molecule has 0 bridgehead atoms. The van der Waals surface area contributed by atoms with Crippen molar-refractivity contribution in [2.24, 2.45) is 0 Å². The van der Waals surface area contributed by atoms with Crippen molar-refractivity contribution in [3.63, 3.8) is 0 Å². The Labute approximate surface area is 119 Å². The molecular formula is C13H13BrN2O3. The van der Waals surface area contributed by atoms with Crippen molar-refractivity contribution in [2.45, 2.75) is 0 Å². The third-order valence-corrected chi connectivity index (χ3v) is 2.99. The van der Waals surface area contributed by atoms with E-state index in [1.165, 1.54) is 0 Å². The number of methoxy groups -OCH3 is 2. The average molecular weight is 325 g/mol. The maximum Gasteiger partial charge on any atom is 0.272 e. The summed E-state index contributed by atoms with van der Waals surface area (Å²) in [5.74, 6) is 0.953. The van der Waals surface area contributed by atoms with Gasteiger partial charge in [-0.15, -0.1) is 0 Å². The lowest BCUT2D eigenvalue weighted by molar-refractivity contribution is 0.102. The van der Waals surface area contributed by atoms with Gasteiger partial charge in [0.25, 0.3) is 5.91 Å². The number of hydrogen-bond acceptors (Lipinski definition) is 3. The molecule has 0 atom stereocenters. The molecule has 5 nitrogen and oxygen atoms in total. The summed E-state index contributed by atoms with van der Waals surface area (Å²) in [5, 5.41) is 2.77. The summed E-state index contributed by atoms with van der Waals surface area (Å²) in [4.78, 5) is 14.8. The molecule has 2 N–H and O–H groups in total. The first-order valence-corrected chi connectivity index (χ1v) is 6.30. The van der Waals surface area contributed by atoms with Crippen LogP contribution in [-0.4, -0.2) is 25.1 Å². The van der Waals surface area contributed by atoms with Crippen LogP contribution in [-0.2, 0) is 0 Å². The highest BCUT2D eigenvalue weighted by atomic mass is 79.9. The van der Waals surface area contributed by atoms with Gasteiger partial charge in [0, 0.05) is 22.4 Å². The van der Waals surface area contributed by atoms with Crippen LogP contribution in [0.3, 0.4) is 0 Å². The van der Waals surface area contributed by atoms with Gasteiger partial charge in [0.05, 0.1) is 14.2 Å². The van der Waals surface area contributed by atoms with E-state index >= 15 is 0 Å². The average Bonchev–Trinajstić information content (AvgIpc) is 2.85. The Kier molecular flexibility index (Phi) is 4.11. The fourth-order valence-corrected chi connectivity index (χ4v) is 1.95. The van der Waals surface area contributed by atoms with Crippen LogP contribution in [0.5, 0.6) is 11.5 Å². The summed E-state index contributed by atoms with van der Waals surface area (Å²) in [6, 6.07) is 6.89. The lowest BCUT2D eigenvalue weighted by Gasteiger charge is -2.10. The van der Waals surface area contributed by atoms with Crippen molar-refractivity contribution in [1.82, 2.24) is 4.98 Å². The van der Waals surface area contributed by atoms with E-state index in [4.69, 9.17) is 9.47 Å². The van der Waals surface area contributed by atoms with Crippen LogP contribution in [0.15, 0.2) is 34.9 Å². The van der Waals surface area contributed by atoms with Crippen LogP contribution in [0, 0.1) is 0 Å². The van der Waals surface area contributed by atoms with Crippen molar-refractivity contribution in [3.8, 4) is 11.5 Å². The quantitative estimate of drug-likeness (QED) is 0.908. The molecule has 100 valence electrons. The van der Waals surface area contributed by atoms with Crippen molar-refractivity contribution in [2.75, 3.05) is 19.5 Å². The molecule has 2 rings (SSSR count). The smallest absolute Gasteiger partial charge is 0.272 e. The number of anilines is 1. The second kappa shape index (κ2) is 5.79. The molecular weight excluding hydrogens is 312 g/mol. The highest BCUT2D eigenvalue weighted by Gasteiger charge is 2.10. The number of hydrogen-bond donors (Lipinski definition) is 2. The van der Waals surface area contributed by atoms with E-state index in [0.717, 1.165) is 4.47 Å². The summed E-state index contributed by atoms with van der Waals surface area (Å²) in [6.45, 7) is 0. The predicted octanol–water partition coefficient (Wildman–Crippen LogP) is 3.05. The first-order valence-electron chi connectivity index (χ1n) is 5.51. The van der Waals surface area contributed by atoms with E-state index in [0.29, 0.717) is 22.9 Å². The lowest BCUT2D eigenvalue weighted by Crippen LogP contribution is -2.12. The zero-order chi connectivity index (χ0) is 13.8. The van der Waals surface area contributed by atoms with E-state index in [9.17, 15) is 4.79 Å². The minimum atomic E-state index is -0.224. The van der Waals surface area contributed by atoms with Gasteiger partial charge in [0.15, 0.2) is 11.5 Å². The van der Waals surface area contributed by atoms with Crippen molar-refractivity contribution >= 4 is 27.5 Å². The number of carbonyl (C=O) groups is 1. The summed E-state index contributed by atoms with van der Waals surface area (Å²) in [6.07, 6.45) is 1.70. The normalized spacial score (nSPS) is 10.1. The number of rotatable bonds is 4. The standard InChI is InChI=1S/C13H13BrN2O3/c1-18-11-4-3-9(6-12(11)19-2)16-13(17)10-5-8(14)7-15-10/h3-7,15H,1-2H3,(H,16,17). The molecule has 0 unspecified atom stereocenters. The Morgan fingerprint density at radius 3 is 2.53 bits per heavy atom. The number of halogens is 1. The van der Waals surface area contributed by atoms with E-state index in [-0.39, 0.29) is 5.91 Å². The molecule has 0 radical (unpaired) electrons. The third kappa shape index (κ3) is 3.08. The molecule has 0 saturated carbocycles. The molecule has 1 heterocycles. The second-order valence-corrected chi connectivity index (χ2v) is 4.67. The van der Waals surface area contributed by atoms with Gasteiger partial charge in [-0.05, 0) is 34.1 Å². The maximum absolute atomic E-state index is 11.9. The molecule has 1 aromatic carbocycles. The SMILES string of the molecule is COc1ccc(NC(=O)c2cc(Br)c[nH]2)cc1OC. The number of amides is 1. The van der Waals surface area contributed by atoms with Gasteiger partial charge < -0.3 is 19.8 Å². The topological polar surface area (TPSA) is 63.3 Å². The maximum atomic E-state index is 11.9. The number of H-pyrrole nitrogens is 1. The first-order chi connectivity index (χ1) is 9.13. The summed E-state index contributed by atoms with van der Waals surface area (Å²) < 4.78 is 11.1. The van der Waals surface area contributed by atoms with Gasteiger partial charge in [0.1, 0.15) is 5.69 Å². The predicted molar refractivity (Wildman–Crippen MR) is 76.0 cm³/mol. The summed E-state index contributed by atoms with van der Waals surface area (Å²) in [5.41, 5.74) is 1.11. The van der Waals surface area contributed by atoms with Crippen LogP contribution in [0.1, 0.15) is 10.5 Å². The van der Waals surface area contributed by atoms with Crippen molar-refractivity contribution in [1.29, 1.82) is 0 Å². The Morgan fingerprint density at radius 2 is 1.95 bits per heavy atom. The van der Waals surface area contributed by atoms with Crippen molar-refractivity contribution in [3.05, 3.63) is 40.6 Å². The molecule has 2 aromatic rings. The van der Waals surface area contributed by atoms with Crippen LogP contribution in [0.25, 0.3) is 0 Å². The molecule has 1 amide bonds. The van der Waals surface area contributed by atoms with E-state index in [1.807, 2.05) is 0 Å². The zero-order valence-corrected chi connectivity index (χ0v) is 12.1. The van der Waals surface area contributed by atoms with E-state index in [1.54, 1.807) is 44.7 Å². The highest BCUT2D eigenvalue weighted by Crippen LogP contribution is 2.29. The number of nitrogens with one attached hydrogen (secondary N) is 2. The number of carbonyl (C=O) groups excluding carboxylic acids is 1. The molecule has 0 fully saturated rings. The number of aromatic amines is 1. The fraction of sp³-hybridized carbons (Fsp3) is 0.154. The van der Waals surface area contributed by atoms with Crippen LogP contribution >= 0.6 is 15.9 Å². The molecule has 19 heavy (non-hydrogen) atoms. The number of ether oxygens (including phenoxy) is 2. The fourth-order valence-electron chi connectivity index (χ4n) is 1.61. The van der Waals surface area contributed by atoms with Crippen LogP contribution in [0.4, 0.5) is 5.69 Å². The number of benzene rings is 1. The first kappa shape index (κ1) is 13.5. The van der Waals surface area contributed by atoms with Gasteiger partial charge in [-0.2, -0.15) is 0 Å². The molecule has 0 saturated heterocycles. The minimum Gasteiger partial charge on any atom is -0.493 e. The van der Waals surface area contributed by atoms with Crippen LogP contribution < -0.4 is 14.8 Å². The Bertz CT molecular complexity index is 595. The Balaban J connectivity index is 2.17. The molecule has 0 aliphatic heterocycles. The Morgan fingerprint density at radius 1 is 1.21 bits per heavy atom. The third-order valence-electron chi connectivity index (χ3n) is 2.53. The van der Waals surface area contributed by atoms with Crippen LogP contribution in [0.2, 0.25) is 0 Å². The molecule has 0 spiro atoms. The second-order valence-electron chi connectivity index (χ2n) is 3.76. The van der Waals surface area contributed by atoms with Gasteiger partial charge in [-0.3, -0.25) is 4.79 Å². The number of aromatic nitrogens is 1. The molecule has 6 heteroatoms. The van der Waals surface area contributed by atoms with Gasteiger partial charge in [0.2, 0.25) is 0 Å². The Hall–Kier alpha value is -1.95. The molecule has 1 aromatic heterocycles. The van der Waals surface area contributed by atoms with E-state index in [2.05, 4.69) is 26.2 Å². The monoisotopic (exact) mass is 324 g/mol. The zero-order valence-electron chi connectivity index (χ0n) is 10.5.